The Balaban J connectivity index is 2.91. The van der Waals surface area contributed by atoms with E-state index < -0.39 is 0 Å². The summed E-state index contributed by atoms with van der Waals surface area (Å²) in [5.41, 5.74) is 0. The second-order valence-corrected chi connectivity index (χ2v) is 4.02. The lowest BCUT2D eigenvalue weighted by molar-refractivity contribution is 0.592. The molecule has 0 nitrogen and oxygen atoms in total. The van der Waals surface area contributed by atoms with Crippen molar-refractivity contribution in [3.8, 4) is 0 Å². The zero-order chi connectivity index (χ0) is 10.5. The predicted molar refractivity (Wildman–Crippen MR) is 66.3 cm³/mol. The maximum absolute atomic E-state index is 3.81. The third-order valence-electron chi connectivity index (χ3n) is 2.51. The zero-order valence-electron chi connectivity index (χ0n) is 9.93. The maximum atomic E-state index is 3.81. The fourth-order valence-electron chi connectivity index (χ4n) is 1.57. The quantitative estimate of drug-likeness (QED) is 0.328. The molecule has 0 aromatic carbocycles. The number of rotatable bonds is 10. The highest BCUT2D eigenvalue weighted by molar-refractivity contribution is 4.81. The van der Waals surface area contributed by atoms with Crippen molar-refractivity contribution >= 4 is 0 Å². The van der Waals surface area contributed by atoms with E-state index in [1.807, 2.05) is 0 Å². The molecule has 0 rings (SSSR count). The third kappa shape index (κ3) is 11.7. The van der Waals surface area contributed by atoms with Crippen molar-refractivity contribution in [2.45, 2.75) is 71.1 Å². The van der Waals surface area contributed by atoms with E-state index in [-0.39, 0.29) is 0 Å². The number of hydrogen-bond acceptors (Lipinski definition) is 0. The fraction of sp³-hybridized carbons (Fsp3) is 0.786. The summed E-state index contributed by atoms with van der Waals surface area (Å²) >= 11 is 0. The first-order valence-electron chi connectivity index (χ1n) is 6.36. The molecule has 0 unspecified atom stereocenters. The van der Waals surface area contributed by atoms with Gasteiger partial charge in [-0.3, -0.25) is 0 Å². The maximum Gasteiger partial charge on any atom is -0.0351 e. The molecule has 0 spiro atoms. The second-order valence-electron chi connectivity index (χ2n) is 4.02. The van der Waals surface area contributed by atoms with Crippen LogP contribution in [0.15, 0.2) is 12.2 Å². The minimum Gasteiger partial charge on any atom is -0.0885 e. The highest BCUT2D eigenvalue weighted by atomic mass is 13.9. The van der Waals surface area contributed by atoms with Gasteiger partial charge in [0.05, 0.1) is 0 Å². The first-order chi connectivity index (χ1) is 6.91. The minimum atomic E-state index is 1.04. The molecule has 0 N–H and O–H groups in total. The lowest BCUT2D eigenvalue weighted by atomic mass is 10.1. The number of unbranched alkanes of at least 4 members (excludes halogenated alkanes) is 8. The van der Waals surface area contributed by atoms with Crippen molar-refractivity contribution < 1.29 is 0 Å². The summed E-state index contributed by atoms with van der Waals surface area (Å²) in [5, 5.41) is 0. The molecule has 0 aromatic heterocycles. The van der Waals surface area contributed by atoms with Crippen LogP contribution in [0.25, 0.3) is 0 Å². The second kappa shape index (κ2) is 12.7. The SMILES string of the molecule is [CH2]CCC=CCCCCCCCCC. The van der Waals surface area contributed by atoms with Crippen LogP contribution in [0.1, 0.15) is 71.1 Å². The van der Waals surface area contributed by atoms with Gasteiger partial charge in [-0.05, 0) is 25.7 Å². The van der Waals surface area contributed by atoms with Crippen LogP contribution >= 0.6 is 0 Å². The Bertz CT molecular complexity index is 113. The molecule has 0 aliphatic rings. The highest BCUT2D eigenvalue weighted by Crippen LogP contribution is 2.08. The lowest BCUT2D eigenvalue weighted by Crippen LogP contribution is -1.78. The number of allylic oxidation sites excluding steroid dienone is 2. The van der Waals surface area contributed by atoms with E-state index in [4.69, 9.17) is 0 Å². The van der Waals surface area contributed by atoms with E-state index in [1.54, 1.807) is 0 Å². The molecule has 0 aromatic rings. The Morgan fingerprint density at radius 3 is 2.00 bits per heavy atom. The molecule has 0 amide bonds. The lowest BCUT2D eigenvalue weighted by Gasteiger charge is -1.98. The Morgan fingerprint density at radius 2 is 1.36 bits per heavy atom. The molecule has 0 bridgehead atoms. The van der Waals surface area contributed by atoms with Crippen LogP contribution in [0.3, 0.4) is 0 Å². The van der Waals surface area contributed by atoms with Crippen LogP contribution in [-0.2, 0) is 0 Å². The van der Waals surface area contributed by atoms with Gasteiger partial charge in [0.15, 0.2) is 0 Å². The van der Waals surface area contributed by atoms with Crippen LogP contribution in [0.5, 0.6) is 0 Å². The smallest absolute Gasteiger partial charge is 0.0351 e. The summed E-state index contributed by atoms with van der Waals surface area (Å²) in [6.07, 6.45) is 17.9. The molecular weight excluding hydrogens is 168 g/mol. The van der Waals surface area contributed by atoms with E-state index in [0.29, 0.717) is 0 Å². The minimum absolute atomic E-state index is 1.04. The van der Waals surface area contributed by atoms with Gasteiger partial charge >= 0.3 is 0 Å². The Hall–Kier alpha value is -0.260. The van der Waals surface area contributed by atoms with Gasteiger partial charge in [0.25, 0.3) is 0 Å². The van der Waals surface area contributed by atoms with Gasteiger partial charge in [-0.2, -0.15) is 0 Å². The van der Waals surface area contributed by atoms with E-state index in [0.717, 1.165) is 12.8 Å². The molecule has 0 aliphatic heterocycles. The zero-order valence-corrected chi connectivity index (χ0v) is 9.93. The van der Waals surface area contributed by atoms with Crippen LogP contribution in [0, 0.1) is 6.92 Å². The van der Waals surface area contributed by atoms with E-state index >= 15 is 0 Å². The van der Waals surface area contributed by atoms with Crippen LogP contribution in [0.4, 0.5) is 0 Å². The van der Waals surface area contributed by atoms with Gasteiger partial charge < -0.3 is 0 Å². The monoisotopic (exact) mass is 195 g/mol. The van der Waals surface area contributed by atoms with Crippen molar-refractivity contribution in [2.75, 3.05) is 0 Å². The van der Waals surface area contributed by atoms with E-state index in [1.165, 1.54) is 51.4 Å². The molecule has 0 atom stereocenters. The van der Waals surface area contributed by atoms with Gasteiger partial charge in [0.2, 0.25) is 0 Å². The van der Waals surface area contributed by atoms with Crippen molar-refractivity contribution in [1.82, 2.24) is 0 Å². The largest absolute Gasteiger partial charge is 0.0885 e. The standard InChI is InChI=1S/C14H27/c1-3-5-7-9-11-13-14-12-10-8-6-4-2/h7,9H,1,3-6,8,10-14H2,2H3. The summed E-state index contributed by atoms with van der Waals surface area (Å²) < 4.78 is 0. The topological polar surface area (TPSA) is 0 Å². The van der Waals surface area contributed by atoms with Crippen LogP contribution in [0.2, 0.25) is 0 Å². The highest BCUT2D eigenvalue weighted by Gasteiger charge is 1.88. The Labute approximate surface area is 90.8 Å². The molecule has 1 radical (unpaired) electrons. The van der Waals surface area contributed by atoms with Gasteiger partial charge in [-0.25, -0.2) is 0 Å². The molecule has 0 heteroatoms. The molecule has 14 heavy (non-hydrogen) atoms. The van der Waals surface area contributed by atoms with Crippen LogP contribution in [-0.4, -0.2) is 0 Å². The first-order valence-corrected chi connectivity index (χ1v) is 6.36. The fourth-order valence-corrected chi connectivity index (χ4v) is 1.57. The Morgan fingerprint density at radius 1 is 0.786 bits per heavy atom. The van der Waals surface area contributed by atoms with E-state index in [9.17, 15) is 0 Å². The van der Waals surface area contributed by atoms with Crippen molar-refractivity contribution in [3.63, 3.8) is 0 Å². The molecule has 83 valence electrons. The normalized spacial score (nSPS) is 11.3. The van der Waals surface area contributed by atoms with Crippen molar-refractivity contribution in [2.24, 2.45) is 0 Å². The van der Waals surface area contributed by atoms with Crippen molar-refractivity contribution in [3.05, 3.63) is 19.1 Å². The molecule has 0 saturated carbocycles. The first kappa shape index (κ1) is 13.7. The van der Waals surface area contributed by atoms with Crippen LogP contribution < -0.4 is 0 Å². The van der Waals surface area contributed by atoms with Crippen molar-refractivity contribution in [1.29, 1.82) is 0 Å². The van der Waals surface area contributed by atoms with Gasteiger partial charge in [0.1, 0.15) is 0 Å². The summed E-state index contributed by atoms with van der Waals surface area (Å²) in [7, 11) is 0. The van der Waals surface area contributed by atoms with E-state index in [2.05, 4.69) is 26.0 Å². The molecular formula is C14H27. The Kier molecular flexibility index (Phi) is 12.5. The van der Waals surface area contributed by atoms with Gasteiger partial charge in [-0.1, -0.05) is 64.5 Å². The molecule has 0 heterocycles. The molecule has 0 fully saturated rings. The molecule has 0 aliphatic carbocycles. The van der Waals surface area contributed by atoms with Gasteiger partial charge in [-0.15, -0.1) is 0 Å². The van der Waals surface area contributed by atoms with Gasteiger partial charge in [0, 0.05) is 0 Å². The molecule has 0 saturated heterocycles. The summed E-state index contributed by atoms with van der Waals surface area (Å²) in [4.78, 5) is 0. The summed E-state index contributed by atoms with van der Waals surface area (Å²) in [5.74, 6) is 0. The predicted octanol–water partition coefficient (Wildman–Crippen LogP) is 5.30. The number of hydrogen-bond donors (Lipinski definition) is 0. The summed E-state index contributed by atoms with van der Waals surface area (Å²) in [6, 6.07) is 0. The summed E-state index contributed by atoms with van der Waals surface area (Å²) in [6.45, 7) is 6.08. The average Bonchev–Trinajstić information content (AvgIpc) is 2.21. The third-order valence-corrected chi connectivity index (χ3v) is 2.51. The average molecular weight is 195 g/mol.